The summed E-state index contributed by atoms with van der Waals surface area (Å²) in [6, 6.07) is 19.7. The van der Waals surface area contributed by atoms with Crippen molar-refractivity contribution in [2.75, 3.05) is 5.73 Å². The number of hydrogen-bond donors (Lipinski definition) is 1. The van der Waals surface area contributed by atoms with Crippen molar-refractivity contribution in [3.05, 3.63) is 88.5 Å². The van der Waals surface area contributed by atoms with Crippen LogP contribution in [0.15, 0.2) is 71.8 Å². The first kappa shape index (κ1) is 15.1. The van der Waals surface area contributed by atoms with E-state index in [-0.39, 0.29) is 11.4 Å². The zero-order chi connectivity index (χ0) is 17.2. The molecule has 4 aromatic rings. The van der Waals surface area contributed by atoms with Gasteiger partial charge in [0.05, 0.1) is 13.1 Å². The van der Waals surface area contributed by atoms with E-state index in [1.165, 1.54) is 0 Å². The maximum Gasteiger partial charge on any atom is 0.266 e. The molecule has 4 rings (SSSR count). The molecule has 0 aliphatic rings. The van der Waals surface area contributed by atoms with Crippen molar-refractivity contribution in [2.24, 2.45) is 0 Å². The molecular formula is C19H17N5O. The summed E-state index contributed by atoms with van der Waals surface area (Å²) in [7, 11) is 0. The fourth-order valence-corrected chi connectivity index (χ4v) is 2.89. The van der Waals surface area contributed by atoms with Gasteiger partial charge in [-0.3, -0.25) is 9.36 Å². The van der Waals surface area contributed by atoms with Crippen LogP contribution in [0, 0.1) is 0 Å². The summed E-state index contributed by atoms with van der Waals surface area (Å²) in [5.74, 6) is 0.214. The first-order chi connectivity index (χ1) is 12.2. The smallest absolute Gasteiger partial charge is 0.266 e. The number of nitrogens with two attached hydrogens (primary N) is 1. The molecule has 6 heteroatoms. The van der Waals surface area contributed by atoms with Crippen LogP contribution in [0.3, 0.4) is 0 Å². The van der Waals surface area contributed by atoms with Crippen molar-refractivity contribution in [2.45, 2.75) is 13.1 Å². The number of hydrogen-bond acceptors (Lipinski definition) is 4. The Kier molecular flexibility index (Phi) is 3.78. The molecule has 0 saturated carbocycles. The topological polar surface area (TPSA) is 78.7 Å². The summed E-state index contributed by atoms with van der Waals surface area (Å²) in [5, 5.41) is 4.68. The predicted molar refractivity (Wildman–Crippen MR) is 97.3 cm³/mol. The number of nitrogen functional groups attached to an aromatic ring is 1. The highest BCUT2D eigenvalue weighted by Crippen LogP contribution is 2.16. The highest BCUT2D eigenvalue weighted by atomic mass is 16.1. The van der Waals surface area contributed by atoms with Crippen molar-refractivity contribution in [1.82, 2.24) is 19.3 Å². The van der Waals surface area contributed by atoms with Crippen LogP contribution in [0.4, 0.5) is 5.82 Å². The van der Waals surface area contributed by atoms with Crippen molar-refractivity contribution in [1.29, 1.82) is 0 Å². The van der Waals surface area contributed by atoms with Crippen molar-refractivity contribution >= 4 is 16.9 Å². The van der Waals surface area contributed by atoms with Crippen LogP contribution in [0.2, 0.25) is 0 Å². The first-order valence-corrected chi connectivity index (χ1v) is 8.01. The quantitative estimate of drug-likeness (QED) is 0.622. The lowest BCUT2D eigenvalue weighted by atomic mass is 10.2. The Balaban J connectivity index is 1.75. The minimum absolute atomic E-state index is 0.175. The summed E-state index contributed by atoms with van der Waals surface area (Å²) in [5.41, 5.74) is 8.44. The summed E-state index contributed by atoms with van der Waals surface area (Å²) in [6.45, 7) is 0.968. The number of nitrogens with zero attached hydrogens (tertiary/aromatic N) is 4. The first-order valence-electron chi connectivity index (χ1n) is 8.01. The second-order valence-electron chi connectivity index (χ2n) is 5.89. The van der Waals surface area contributed by atoms with Crippen molar-refractivity contribution < 1.29 is 0 Å². The minimum atomic E-state index is -0.175. The Morgan fingerprint density at radius 1 is 0.880 bits per heavy atom. The summed E-state index contributed by atoms with van der Waals surface area (Å²) in [4.78, 5) is 17.2. The molecule has 0 bridgehead atoms. The molecule has 2 heterocycles. The van der Waals surface area contributed by atoms with E-state index in [9.17, 15) is 4.79 Å². The summed E-state index contributed by atoms with van der Waals surface area (Å²) < 4.78 is 3.23. The van der Waals surface area contributed by atoms with E-state index in [1.54, 1.807) is 15.6 Å². The molecule has 0 amide bonds. The van der Waals surface area contributed by atoms with Crippen molar-refractivity contribution in [3.8, 4) is 0 Å². The van der Waals surface area contributed by atoms with Gasteiger partial charge in [-0.05, 0) is 11.1 Å². The predicted octanol–water partition coefficient (Wildman–Crippen LogP) is 2.27. The normalized spacial score (nSPS) is 11.0. The van der Waals surface area contributed by atoms with Crippen molar-refractivity contribution in [3.63, 3.8) is 0 Å². The molecule has 25 heavy (non-hydrogen) atoms. The molecular weight excluding hydrogens is 314 g/mol. The maximum atomic E-state index is 12.8. The lowest BCUT2D eigenvalue weighted by Crippen LogP contribution is -2.21. The molecule has 0 radical (unpaired) electrons. The molecule has 6 nitrogen and oxygen atoms in total. The molecule has 2 N–H and O–H groups in total. The Hall–Kier alpha value is -3.41. The lowest BCUT2D eigenvalue weighted by molar-refractivity contribution is 0.698. The second-order valence-corrected chi connectivity index (χ2v) is 5.89. The van der Waals surface area contributed by atoms with E-state index in [1.807, 2.05) is 60.7 Å². The van der Waals surface area contributed by atoms with Gasteiger partial charge in [0.2, 0.25) is 0 Å². The van der Waals surface area contributed by atoms with Gasteiger partial charge in [-0.15, -0.1) is 0 Å². The van der Waals surface area contributed by atoms with Gasteiger partial charge >= 0.3 is 0 Å². The Labute approximate surface area is 144 Å². The third-order valence-electron chi connectivity index (χ3n) is 4.12. The second kappa shape index (κ2) is 6.24. The van der Waals surface area contributed by atoms with Gasteiger partial charge in [-0.2, -0.15) is 5.10 Å². The summed E-state index contributed by atoms with van der Waals surface area (Å²) in [6.07, 6.45) is 1.56. The van der Waals surface area contributed by atoms with Gasteiger partial charge in [0, 0.05) is 0 Å². The van der Waals surface area contributed by atoms with Gasteiger partial charge in [0.15, 0.2) is 11.5 Å². The monoisotopic (exact) mass is 331 g/mol. The van der Waals surface area contributed by atoms with E-state index >= 15 is 0 Å². The number of benzene rings is 2. The van der Waals surface area contributed by atoms with E-state index in [0.717, 1.165) is 11.1 Å². The van der Waals surface area contributed by atoms with Crippen LogP contribution in [0.1, 0.15) is 11.1 Å². The maximum absolute atomic E-state index is 12.8. The zero-order valence-electron chi connectivity index (χ0n) is 13.5. The van der Waals surface area contributed by atoms with E-state index in [2.05, 4.69) is 10.1 Å². The number of fused-ring (bicyclic) bond motifs is 1. The molecule has 0 saturated heterocycles. The molecule has 0 aliphatic carbocycles. The average Bonchev–Trinajstić information content (AvgIpc) is 2.95. The molecule has 2 aromatic carbocycles. The van der Waals surface area contributed by atoms with Gasteiger partial charge in [-0.25, -0.2) is 9.67 Å². The standard InChI is InChI=1S/C19H17N5O/c20-17-16-18(24(22-17)12-15-9-5-2-6-10-15)21-13-23(19(16)25)11-14-7-3-1-4-8-14/h1-10,13H,11-12H2,(H2,20,22). The Morgan fingerprint density at radius 2 is 1.48 bits per heavy atom. The lowest BCUT2D eigenvalue weighted by Gasteiger charge is -2.06. The number of rotatable bonds is 4. The van der Waals surface area contributed by atoms with Crippen LogP contribution in [-0.2, 0) is 13.1 Å². The van der Waals surface area contributed by atoms with Gasteiger partial charge in [0.25, 0.3) is 5.56 Å². The van der Waals surface area contributed by atoms with Gasteiger partial charge in [-0.1, -0.05) is 60.7 Å². The van der Waals surface area contributed by atoms with Crippen LogP contribution in [-0.4, -0.2) is 19.3 Å². The zero-order valence-corrected chi connectivity index (χ0v) is 13.5. The van der Waals surface area contributed by atoms with Gasteiger partial charge in [0.1, 0.15) is 11.7 Å². The number of aromatic nitrogens is 4. The molecule has 0 spiro atoms. The fourth-order valence-electron chi connectivity index (χ4n) is 2.89. The van der Waals surface area contributed by atoms with E-state index in [0.29, 0.717) is 24.1 Å². The molecule has 2 aromatic heterocycles. The largest absolute Gasteiger partial charge is 0.381 e. The molecule has 0 atom stereocenters. The van der Waals surface area contributed by atoms with E-state index < -0.39 is 0 Å². The highest BCUT2D eigenvalue weighted by Gasteiger charge is 2.15. The van der Waals surface area contributed by atoms with Gasteiger partial charge < -0.3 is 5.73 Å². The highest BCUT2D eigenvalue weighted by molar-refractivity contribution is 5.85. The van der Waals surface area contributed by atoms with Crippen LogP contribution < -0.4 is 11.3 Å². The Bertz CT molecular complexity index is 1070. The minimum Gasteiger partial charge on any atom is -0.381 e. The van der Waals surface area contributed by atoms with Crippen LogP contribution in [0.5, 0.6) is 0 Å². The average molecular weight is 331 g/mol. The third-order valence-corrected chi connectivity index (χ3v) is 4.12. The van der Waals surface area contributed by atoms with Crippen LogP contribution in [0.25, 0.3) is 11.0 Å². The van der Waals surface area contributed by atoms with Crippen LogP contribution >= 0.6 is 0 Å². The fraction of sp³-hybridized carbons (Fsp3) is 0.105. The summed E-state index contributed by atoms with van der Waals surface area (Å²) >= 11 is 0. The number of anilines is 1. The molecule has 124 valence electrons. The third kappa shape index (κ3) is 2.89. The van der Waals surface area contributed by atoms with E-state index in [4.69, 9.17) is 5.73 Å². The molecule has 0 aliphatic heterocycles. The molecule has 0 fully saturated rings. The SMILES string of the molecule is Nc1nn(Cc2ccccc2)c2ncn(Cc3ccccc3)c(=O)c12. The Morgan fingerprint density at radius 3 is 2.12 bits per heavy atom. The molecule has 0 unspecified atom stereocenters.